The molecule has 2 aromatic rings. The average Bonchev–Trinajstić information content (AvgIpc) is 2.70. The lowest BCUT2D eigenvalue weighted by molar-refractivity contribution is -0.384. The monoisotopic (exact) mass is 380 g/mol. The maximum absolute atomic E-state index is 12.3. The number of rotatable bonds is 5. The summed E-state index contributed by atoms with van der Waals surface area (Å²) in [5.74, 6) is 4.87. The van der Waals surface area contributed by atoms with E-state index in [0.717, 1.165) is 0 Å². The molecule has 0 spiro atoms. The van der Waals surface area contributed by atoms with Crippen LogP contribution in [0.4, 0.5) is 5.69 Å². The van der Waals surface area contributed by atoms with E-state index in [9.17, 15) is 19.7 Å². The molecule has 28 heavy (non-hydrogen) atoms. The van der Waals surface area contributed by atoms with Gasteiger partial charge in [-0.3, -0.25) is 14.9 Å². The van der Waals surface area contributed by atoms with Gasteiger partial charge in [-0.25, -0.2) is 4.79 Å². The van der Waals surface area contributed by atoms with Gasteiger partial charge in [0.2, 0.25) is 0 Å². The number of nitrogens with zero attached hydrogens (tertiary/aromatic N) is 1. The Bertz CT molecular complexity index is 922. The van der Waals surface area contributed by atoms with Crippen molar-refractivity contribution < 1.29 is 19.2 Å². The lowest BCUT2D eigenvalue weighted by Crippen LogP contribution is -2.45. The number of nitro benzene ring substituents is 1. The number of hydrogen-bond donors (Lipinski definition) is 1. The summed E-state index contributed by atoms with van der Waals surface area (Å²) in [6.45, 7) is 3.64. The molecule has 7 heteroatoms. The fourth-order valence-electron chi connectivity index (χ4n) is 2.37. The average molecular weight is 380 g/mol. The Balaban J connectivity index is 2.08. The summed E-state index contributed by atoms with van der Waals surface area (Å²) < 4.78 is 4.71. The minimum absolute atomic E-state index is 0.00701. The molecule has 144 valence electrons. The van der Waals surface area contributed by atoms with Crippen LogP contribution in [0.1, 0.15) is 35.3 Å². The summed E-state index contributed by atoms with van der Waals surface area (Å²) in [5, 5.41) is 13.3. The van der Waals surface area contributed by atoms with Gasteiger partial charge in [0.25, 0.3) is 11.6 Å². The van der Waals surface area contributed by atoms with E-state index < -0.39 is 16.9 Å². The molecular formula is C21H20N2O5. The lowest BCUT2D eigenvalue weighted by Gasteiger charge is -2.19. The van der Waals surface area contributed by atoms with Crippen LogP contribution in [-0.4, -0.2) is 30.0 Å². The maximum atomic E-state index is 12.3. The summed E-state index contributed by atoms with van der Waals surface area (Å²) in [6, 6.07) is 11.8. The Labute approximate surface area is 162 Å². The molecule has 1 amide bonds. The number of amides is 1. The van der Waals surface area contributed by atoms with Crippen LogP contribution in [-0.2, 0) is 9.53 Å². The van der Waals surface area contributed by atoms with Crippen molar-refractivity contribution in [3.8, 4) is 11.8 Å². The molecule has 0 heterocycles. The Kier molecular flexibility index (Phi) is 6.88. The third kappa shape index (κ3) is 5.42. The van der Waals surface area contributed by atoms with Crippen molar-refractivity contribution in [1.29, 1.82) is 0 Å². The number of esters is 1. The van der Waals surface area contributed by atoms with E-state index in [2.05, 4.69) is 17.2 Å². The van der Waals surface area contributed by atoms with Crippen molar-refractivity contribution in [1.82, 2.24) is 5.32 Å². The molecule has 2 aromatic carbocycles. The standard InChI is InChI=1S/C21H20N2O5/c1-14(2)19(21(25)28-3)22-20(24)17-10-6-15(7-11-17)4-5-16-8-12-18(13-9-16)23(26)27/h6-14,19H,1-3H3,(H,22,24)/t19-/m0/s1. The zero-order valence-corrected chi connectivity index (χ0v) is 15.8. The van der Waals surface area contributed by atoms with Gasteiger partial charge in [0.15, 0.2) is 0 Å². The number of non-ortho nitro benzene ring substituents is 1. The first-order valence-electron chi connectivity index (χ1n) is 8.57. The minimum Gasteiger partial charge on any atom is -0.467 e. The molecule has 0 aliphatic carbocycles. The molecule has 0 bridgehead atoms. The zero-order chi connectivity index (χ0) is 20.7. The van der Waals surface area contributed by atoms with Gasteiger partial charge in [-0.05, 0) is 42.3 Å². The largest absolute Gasteiger partial charge is 0.467 e. The van der Waals surface area contributed by atoms with Crippen LogP contribution in [0.5, 0.6) is 0 Å². The van der Waals surface area contributed by atoms with E-state index in [0.29, 0.717) is 16.7 Å². The highest BCUT2D eigenvalue weighted by atomic mass is 16.6. The molecule has 0 saturated carbocycles. The van der Waals surface area contributed by atoms with Crippen LogP contribution in [0, 0.1) is 27.9 Å². The molecule has 0 aromatic heterocycles. The van der Waals surface area contributed by atoms with E-state index in [1.54, 1.807) is 36.4 Å². The summed E-state index contributed by atoms with van der Waals surface area (Å²) in [7, 11) is 1.28. The van der Waals surface area contributed by atoms with E-state index >= 15 is 0 Å². The van der Waals surface area contributed by atoms with Gasteiger partial charge >= 0.3 is 5.97 Å². The minimum atomic E-state index is -0.723. The second kappa shape index (κ2) is 9.33. The number of nitrogens with one attached hydrogen (secondary N) is 1. The van der Waals surface area contributed by atoms with Crippen molar-refractivity contribution in [2.45, 2.75) is 19.9 Å². The van der Waals surface area contributed by atoms with Gasteiger partial charge in [-0.1, -0.05) is 25.7 Å². The molecule has 0 unspecified atom stereocenters. The van der Waals surface area contributed by atoms with Crippen LogP contribution in [0.3, 0.4) is 0 Å². The number of ether oxygens (including phenoxy) is 1. The van der Waals surface area contributed by atoms with Gasteiger partial charge in [0.05, 0.1) is 12.0 Å². The summed E-state index contributed by atoms with van der Waals surface area (Å²) in [4.78, 5) is 34.3. The lowest BCUT2D eigenvalue weighted by atomic mass is 10.0. The van der Waals surface area contributed by atoms with Crippen LogP contribution < -0.4 is 5.32 Å². The van der Waals surface area contributed by atoms with Crippen molar-refractivity contribution in [3.05, 3.63) is 75.3 Å². The molecule has 1 atom stereocenters. The highest BCUT2D eigenvalue weighted by Gasteiger charge is 2.25. The third-order valence-corrected chi connectivity index (χ3v) is 3.98. The van der Waals surface area contributed by atoms with Crippen LogP contribution >= 0.6 is 0 Å². The Morgan fingerprint density at radius 2 is 1.50 bits per heavy atom. The number of benzene rings is 2. The first-order valence-corrected chi connectivity index (χ1v) is 8.57. The number of hydrogen-bond acceptors (Lipinski definition) is 5. The Morgan fingerprint density at radius 1 is 1.00 bits per heavy atom. The first kappa shape index (κ1) is 20.6. The summed E-state index contributed by atoms with van der Waals surface area (Å²) in [5.41, 5.74) is 1.73. The Morgan fingerprint density at radius 3 is 1.93 bits per heavy atom. The highest BCUT2D eigenvalue weighted by molar-refractivity contribution is 5.96. The maximum Gasteiger partial charge on any atom is 0.328 e. The molecule has 0 radical (unpaired) electrons. The normalized spacial score (nSPS) is 11.1. The molecule has 0 fully saturated rings. The van der Waals surface area contributed by atoms with Crippen LogP contribution in [0.2, 0.25) is 0 Å². The predicted octanol–water partition coefficient (Wildman–Crippen LogP) is 2.92. The van der Waals surface area contributed by atoms with E-state index in [1.165, 1.54) is 19.2 Å². The van der Waals surface area contributed by atoms with Gasteiger partial charge in [0.1, 0.15) is 6.04 Å². The molecule has 0 aliphatic rings. The van der Waals surface area contributed by atoms with E-state index in [1.807, 2.05) is 13.8 Å². The molecule has 0 aliphatic heterocycles. The molecular weight excluding hydrogens is 360 g/mol. The number of carbonyl (C=O) groups excluding carboxylic acids is 2. The fraction of sp³-hybridized carbons (Fsp3) is 0.238. The van der Waals surface area contributed by atoms with Crippen molar-refractivity contribution in [2.24, 2.45) is 5.92 Å². The van der Waals surface area contributed by atoms with Gasteiger partial charge < -0.3 is 10.1 Å². The smallest absolute Gasteiger partial charge is 0.328 e. The number of methoxy groups -OCH3 is 1. The molecule has 0 saturated heterocycles. The highest BCUT2D eigenvalue weighted by Crippen LogP contribution is 2.12. The van der Waals surface area contributed by atoms with Crippen molar-refractivity contribution >= 4 is 17.6 Å². The van der Waals surface area contributed by atoms with Crippen LogP contribution in [0.15, 0.2) is 48.5 Å². The third-order valence-electron chi connectivity index (χ3n) is 3.98. The topological polar surface area (TPSA) is 98.5 Å². The summed E-state index contributed by atoms with van der Waals surface area (Å²) >= 11 is 0. The second-order valence-electron chi connectivity index (χ2n) is 6.35. The molecule has 2 rings (SSSR count). The van der Waals surface area contributed by atoms with Crippen molar-refractivity contribution in [2.75, 3.05) is 7.11 Å². The van der Waals surface area contributed by atoms with E-state index in [4.69, 9.17) is 4.74 Å². The predicted molar refractivity (Wildman–Crippen MR) is 104 cm³/mol. The number of carbonyl (C=O) groups is 2. The molecule has 1 N–H and O–H groups in total. The molecule has 7 nitrogen and oxygen atoms in total. The van der Waals surface area contributed by atoms with E-state index in [-0.39, 0.29) is 17.5 Å². The zero-order valence-electron chi connectivity index (χ0n) is 15.8. The van der Waals surface area contributed by atoms with Crippen LogP contribution in [0.25, 0.3) is 0 Å². The quantitative estimate of drug-likeness (QED) is 0.372. The first-order chi connectivity index (χ1) is 13.3. The Hall–Kier alpha value is -3.66. The van der Waals surface area contributed by atoms with Gasteiger partial charge in [-0.15, -0.1) is 0 Å². The van der Waals surface area contributed by atoms with Gasteiger partial charge in [-0.2, -0.15) is 0 Å². The summed E-state index contributed by atoms with van der Waals surface area (Å²) in [6.07, 6.45) is 0. The fourth-order valence-corrected chi connectivity index (χ4v) is 2.37. The number of nitro groups is 1. The van der Waals surface area contributed by atoms with Crippen molar-refractivity contribution in [3.63, 3.8) is 0 Å². The second-order valence-corrected chi connectivity index (χ2v) is 6.35. The SMILES string of the molecule is COC(=O)[C@@H](NC(=O)c1ccc(C#Cc2ccc([N+](=O)[O-])cc2)cc1)C(C)C. The van der Waals surface area contributed by atoms with Gasteiger partial charge in [0, 0.05) is 28.8 Å².